The Bertz CT molecular complexity index is 419. The molecule has 98 valence electrons. The third-order valence-corrected chi connectivity index (χ3v) is 3.38. The normalized spacial score (nSPS) is 27.2. The number of carbonyl (C=O) groups is 1. The fourth-order valence-corrected chi connectivity index (χ4v) is 2.28. The number of nitrogens with one attached hydrogen (secondary N) is 2. The van der Waals surface area contributed by atoms with E-state index in [1.54, 1.807) is 0 Å². The molecule has 1 saturated heterocycles. The van der Waals surface area contributed by atoms with Crippen molar-refractivity contribution >= 4 is 5.97 Å². The van der Waals surface area contributed by atoms with Gasteiger partial charge in [-0.2, -0.15) is 0 Å². The average molecular weight is 249 g/mol. The molecule has 1 fully saturated rings. The van der Waals surface area contributed by atoms with Crippen molar-refractivity contribution in [3.63, 3.8) is 0 Å². The van der Waals surface area contributed by atoms with Crippen LogP contribution in [0.3, 0.4) is 0 Å². The number of rotatable bonds is 3. The molecule has 1 aromatic carbocycles. The summed E-state index contributed by atoms with van der Waals surface area (Å²) in [5, 5.41) is 0. The van der Waals surface area contributed by atoms with E-state index in [-0.39, 0.29) is 18.1 Å². The molecule has 3 unspecified atom stereocenters. The van der Waals surface area contributed by atoms with E-state index < -0.39 is 6.04 Å². The van der Waals surface area contributed by atoms with E-state index in [1.807, 2.05) is 12.1 Å². The molecule has 0 bridgehead atoms. The first-order chi connectivity index (χ1) is 8.67. The van der Waals surface area contributed by atoms with E-state index in [2.05, 4.69) is 29.9 Å². The van der Waals surface area contributed by atoms with Crippen LogP contribution < -0.4 is 16.6 Å². The summed E-state index contributed by atoms with van der Waals surface area (Å²) in [6, 6.07) is 7.73. The summed E-state index contributed by atoms with van der Waals surface area (Å²) < 4.78 is 4.78. The minimum Gasteiger partial charge on any atom is -0.468 e. The van der Waals surface area contributed by atoms with Gasteiger partial charge in [0.25, 0.3) is 0 Å². The predicted molar refractivity (Wildman–Crippen MR) is 68.6 cm³/mol. The monoisotopic (exact) mass is 249 g/mol. The zero-order valence-electron chi connectivity index (χ0n) is 10.6. The molecule has 0 amide bonds. The molecular formula is C13H19N3O2. The lowest BCUT2D eigenvalue weighted by molar-refractivity contribution is -0.143. The van der Waals surface area contributed by atoms with Gasteiger partial charge in [-0.3, -0.25) is 4.79 Å². The van der Waals surface area contributed by atoms with Gasteiger partial charge in [0, 0.05) is 5.92 Å². The quantitative estimate of drug-likeness (QED) is 0.670. The summed E-state index contributed by atoms with van der Waals surface area (Å²) in [5.41, 5.74) is 14.1. The molecule has 0 aliphatic carbocycles. The molecule has 2 rings (SSSR count). The Hall–Kier alpha value is -1.43. The molecule has 18 heavy (non-hydrogen) atoms. The maximum Gasteiger partial charge on any atom is 0.324 e. The number of aryl methyl sites for hydroxylation is 1. The third-order valence-electron chi connectivity index (χ3n) is 3.38. The summed E-state index contributed by atoms with van der Waals surface area (Å²) >= 11 is 0. The van der Waals surface area contributed by atoms with Crippen molar-refractivity contribution in [2.75, 3.05) is 7.11 Å². The van der Waals surface area contributed by atoms with Crippen LogP contribution in [0.1, 0.15) is 24.0 Å². The van der Waals surface area contributed by atoms with Gasteiger partial charge in [0.2, 0.25) is 0 Å². The maximum atomic E-state index is 11.7. The number of esters is 1. The molecule has 0 saturated carbocycles. The van der Waals surface area contributed by atoms with Crippen molar-refractivity contribution < 1.29 is 9.53 Å². The SMILES string of the molecule is CCc1ccc(C2C(N)NNC2C(=O)OC)cc1. The fraction of sp³-hybridized carbons (Fsp3) is 0.462. The van der Waals surface area contributed by atoms with Crippen molar-refractivity contribution in [1.82, 2.24) is 10.9 Å². The number of hydrazine groups is 1. The van der Waals surface area contributed by atoms with Crippen molar-refractivity contribution in [3.05, 3.63) is 35.4 Å². The molecule has 0 radical (unpaired) electrons. The average Bonchev–Trinajstić information content (AvgIpc) is 2.80. The van der Waals surface area contributed by atoms with Crippen molar-refractivity contribution in [3.8, 4) is 0 Å². The van der Waals surface area contributed by atoms with Crippen LogP contribution in [0.4, 0.5) is 0 Å². The number of nitrogens with two attached hydrogens (primary N) is 1. The predicted octanol–water partition coefficient (Wildman–Crippen LogP) is 0.267. The summed E-state index contributed by atoms with van der Waals surface area (Å²) in [5.74, 6) is -0.427. The second kappa shape index (κ2) is 5.48. The van der Waals surface area contributed by atoms with Gasteiger partial charge < -0.3 is 10.5 Å². The maximum absolute atomic E-state index is 11.7. The second-order valence-corrected chi connectivity index (χ2v) is 4.44. The zero-order chi connectivity index (χ0) is 13.1. The highest BCUT2D eigenvalue weighted by Gasteiger charge is 2.39. The summed E-state index contributed by atoms with van der Waals surface area (Å²) in [7, 11) is 1.38. The van der Waals surface area contributed by atoms with Crippen molar-refractivity contribution in [1.29, 1.82) is 0 Å². The van der Waals surface area contributed by atoms with Crippen LogP contribution in [0.25, 0.3) is 0 Å². The zero-order valence-corrected chi connectivity index (χ0v) is 10.6. The lowest BCUT2D eigenvalue weighted by Crippen LogP contribution is -2.39. The number of methoxy groups -OCH3 is 1. The van der Waals surface area contributed by atoms with Gasteiger partial charge >= 0.3 is 5.97 Å². The first-order valence-corrected chi connectivity index (χ1v) is 6.10. The topological polar surface area (TPSA) is 76.4 Å². The second-order valence-electron chi connectivity index (χ2n) is 4.44. The molecule has 5 nitrogen and oxygen atoms in total. The molecule has 5 heteroatoms. The van der Waals surface area contributed by atoms with E-state index in [0.29, 0.717) is 0 Å². The van der Waals surface area contributed by atoms with E-state index in [0.717, 1.165) is 12.0 Å². The molecule has 1 heterocycles. The highest BCUT2D eigenvalue weighted by Crippen LogP contribution is 2.26. The van der Waals surface area contributed by atoms with Crippen molar-refractivity contribution in [2.24, 2.45) is 5.73 Å². The van der Waals surface area contributed by atoms with Gasteiger partial charge in [-0.05, 0) is 17.5 Å². The molecule has 1 aromatic rings. The van der Waals surface area contributed by atoms with E-state index in [4.69, 9.17) is 10.5 Å². The highest BCUT2D eigenvalue weighted by atomic mass is 16.5. The highest BCUT2D eigenvalue weighted by molar-refractivity contribution is 5.77. The largest absolute Gasteiger partial charge is 0.468 e. The van der Waals surface area contributed by atoms with E-state index in [1.165, 1.54) is 12.7 Å². The van der Waals surface area contributed by atoms with Gasteiger partial charge in [0.05, 0.1) is 13.3 Å². The van der Waals surface area contributed by atoms with Crippen LogP contribution in [0, 0.1) is 0 Å². The molecule has 1 aliphatic heterocycles. The molecule has 0 spiro atoms. The summed E-state index contributed by atoms with van der Waals surface area (Å²) in [4.78, 5) is 11.7. The Balaban J connectivity index is 2.24. The minimum atomic E-state index is -0.447. The first-order valence-electron chi connectivity index (χ1n) is 6.10. The number of benzene rings is 1. The fourth-order valence-electron chi connectivity index (χ4n) is 2.28. The van der Waals surface area contributed by atoms with Crippen LogP contribution >= 0.6 is 0 Å². The van der Waals surface area contributed by atoms with E-state index in [9.17, 15) is 4.79 Å². The number of carbonyl (C=O) groups excluding carboxylic acids is 1. The van der Waals surface area contributed by atoms with Crippen LogP contribution in [0.2, 0.25) is 0 Å². The molecule has 1 aliphatic rings. The smallest absolute Gasteiger partial charge is 0.324 e. The van der Waals surface area contributed by atoms with Gasteiger partial charge in [-0.25, -0.2) is 10.9 Å². The Kier molecular flexibility index (Phi) is 3.96. The van der Waals surface area contributed by atoms with Gasteiger partial charge in [-0.1, -0.05) is 31.2 Å². The molecule has 3 atom stereocenters. The summed E-state index contributed by atoms with van der Waals surface area (Å²) in [6.07, 6.45) is 0.690. The molecule has 0 aromatic heterocycles. The minimum absolute atomic E-state index is 0.122. The Morgan fingerprint density at radius 1 is 1.33 bits per heavy atom. The lowest BCUT2D eigenvalue weighted by Gasteiger charge is -2.19. The van der Waals surface area contributed by atoms with Crippen LogP contribution in [-0.4, -0.2) is 25.3 Å². The Morgan fingerprint density at radius 3 is 2.56 bits per heavy atom. The van der Waals surface area contributed by atoms with Gasteiger partial charge in [0.1, 0.15) is 6.04 Å². The Morgan fingerprint density at radius 2 is 2.00 bits per heavy atom. The van der Waals surface area contributed by atoms with Crippen LogP contribution in [0.15, 0.2) is 24.3 Å². The summed E-state index contributed by atoms with van der Waals surface area (Å²) in [6.45, 7) is 2.11. The van der Waals surface area contributed by atoms with Gasteiger partial charge in [0.15, 0.2) is 0 Å². The van der Waals surface area contributed by atoms with Crippen LogP contribution in [-0.2, 0) is 16.0 Å². The molecular weight excluding hydrogens is 230 g/mol. The van der Waals surface area contributed by atoms with Crippen molar-refractivity contribution in [2.45, 2.75) is 31.5 Å². The standard InChI is InChI=1S/C13H19N3O2/c1-3-8-4-6-9(7-5-8)10-11(13(17)18-2)15-16-12(10)14/h4-7,10-12,15-16H,3,14H2,1-2H3. The van der Waals surface area contributed by atoms with E-state index >= 15 is 0 Å². The van der Waals surface area contributed by atoms with Gasteiger partial charge in [-0.15, -0.1) is 0 Å². The number of hydrogen-bond donors (Lipinski definition) is 3. The number of hydrogen-bond acceptors (Lipinski definition) is 5. The lowest BCUT2D eigenvalue weighted by atomic mass is 9.90. The number of ether oxygens (including phenoxy) is 1. The third kappa shape index (κ3) is 2.38. The van der Waals surface area contributed by atoms with Crippen LogP contribution in [0.5, 0.6) is 0 Å². The Labute approximate surface area is 107 Å². The molecule has 4 N–H and O–H groups in total. The first kappa shape index (κ1) is 13.0.